The number of hydrazine groups is 1. The average Bonchev–Trinajstić information content (AvgIpc) is 3.21. The summed E-state index contributed by atoms with van der Waals surface area (Å²) in [5.74, 6) is -1.19. The van der Waals surface area contributed by atoms with Crippen molar-refractivity contribution in [1.82, 2.24) is 10.9 Å². The summed E-state index contributed by atoms with van der Waals surface area (Å²) >= 11 is 0. The molecule has 3 aromatic rings. The predicted octanol–water partition coefficient (Wildman–Crippen LogP) is 2.92. The number of carbonyl (C=O) groups is 3. The summed E-state index contributed by atoms with van der Waals surface area (Å²) in [4.78, 5) is 36.3. The first-order valence-corrected chi connectivity index (χ1v) is 8.15. The highest BCUT2D eigenvalue weighted by Crippen LogP contribution is 2.12. The van der Waals surface area contributed by atoms with Crippen molar-refractivity contribution in [1.29, 1.82) is 0 Å². The van der Waals surface area contributed by atoms with Crippen molar-refractivity contribution < 1.29 is 18.8 Å². The Morgan fingerprint density at radius 2 is 1.44 bits per heavy atom. The highest BCUT2D eigenvalue weighted by Gasteiger charge is 2.12. The summed E-state index contributed by atoms with van der Waals surface area (Å²) in [6, 6.07) is 16.5. The first-order valence-electron chi connectivity index (χ1n) is 8.15. The van der Waals surface area contributed by atoms with Crippen LogP contribution in [0.25, 0.3) is 0 Å². The van der Waals surface area contributed by atoms with Crippen LogP contribution in [0.5, 0.6) is 0 Å². The Balaban J connectivity index is 1.61. The lowest BCUT2D eigenvalue weighted by molar-refractivity contribution is 0.0846. The molecule has 0 saturated carbocycles. The molecule has 2 aromatic carbocycles. The molecule has 3 rings (SSSR count). The van der Waals surface area contributed by atoms with Gasteiger partial charge in [0.1, 0.15) is 0 Å². The van der Waals surface area contributed by atoms with Crippen LogP contribution in [0.1, 0.15) is 36.8 Å². The van der Waals surface area contributed by atoms with Crippen molar-refractivity contribution in [3.8, 4) is 0 Å². The second-order valence-electron chi connectivity index (χ2n) is 5.79. The SMILES string of the molecule is Cc1cccc(C(=O)NNC(=O)c2cccc(NC(=O)c3ccco3)c2)c1. The molecule has 0 unspecified atom stereocenters. The predicted molar refractivity (Wildman–Crippen MR) is 99.2 cm³/mol. The lowest BCUT2D eigenvalue weighted by atomic mass is 10.1. The fourth-order valence-electron chi connectivity index (χ4n) is 2.38. The molecule has 1 heterocycles. The molecule has 1 aromatic heterocycles. The van der Waals surface area contributed by atoms with Crippen LogP contribution in [0.15, 0.2) is 71.3 Å². The van der Waals surface area contributed by atoms with Gasteiger partial charge in [-0.1, -0.05) is 23.8 Å². The van der Waals surface area contributed by atoms with Gasteiger partial charge in [-0.2, -0.15) is 0 Å². The molecule has 136 valence electrons. The topological polar surface area (TPSA) is 100 Å². The van der Waals surface area contributed by atoms with E-state index >= 15 is 0 Å². The van der Waals surface area contributed by atoms with E-state index in [0.29, 0.717) is 11.3 Å². The van der Waals surface area contributed by atoms with Crippen molar-refractivity contribution in [2.45, 2.75) is 6.92 Å². The molecule has 0 aliphatic rings. The number of nitrogens with one attached hydrogen (secondary N) is 3. The normalized spacial score (nSPS) is 10.1. The third-order valence-corrected chi connectivity index (χ3v) is 3.70. The third kappa shape index (κ3) is 4.60. The van der Waals surface area contributed by atoms with E-state index in [0.717, 1.165) is 5.56 Å². The molecule has 0 saturated heterocycles. The van der Waals surface area contributed by atoms with Gasteiger partial charge in [-0.15, -0.1) is 0 Å². The van der Waals surface area contributed by atoms with Crippen LogP contribution in [0.3, 0.4) is 0 Å². The van der Waals surface area contributed by atoms with E-state index in [4.69, 9.17) is 4.42 Å². The molecule has 0 radical (unpaired) electrons. The fourth-order valence-corrected chi connectivity index (χ4v) is 2.38. The minimum atomic E-state index is -0.509. The molecule has 0 fully saturated rings. The van der Waals surface area contributed by atoms with Gasteiger partial charge in [-0.3, -0.25) is 25.2 Å². The van der Waals surface area contributed by atoms with Gasteiger partial charge >= 0.3 is 0 Å². The zero-order valence-corrected chi connectivity index (χ0v) is 14.5. The van der Waals surface area contributed by atoms with E-state index < -0.39 is 17.7 Å². The Morgan fingerprint density at radius 1 is 0.778 bits per heavy atom. The molecule has 0 aliphatic heterocycles. The van der Waals surface area contributed by atoms with Crippen LogP contribution in [-0.4, -0.2) is 17.7 Å². The summed E-state index contributed by atoms with van der Waals surface area (Å²) < 4.78 is 5.02. The summed E-state index contributed by atoms with van der Waals surface area (Å²) in [7, 11) is 0. The Kier molecular flexibility index (Phi) is 5.32. The van der Waals surface area contributed by atoms with Gasteiger partial charge in [0.05, 0.1) is 6.26 Å². The Morgan fingerprint density at radius 3 is 2.07 bits per heavy atom. The van der Waals surface area contributed by atoms with Crippen molar-refractivity contribution in [3.63, 3.8) is 0 Å². The number of furan rings is 1. The summed E-state index contributed by atoms with van der Waals surface area (Å²) in [6.45, 7) is 1.87. The zero-order valence-electron chi connectivity index (χ0n) is 14.5. The Labute approximate surface area is 155 Å². The molecular weight excluding hydrogens is 346 g/mol. The van der Waals surface area contributed by atoms with E-state index in [2.05, 4.69) is 16.2 Å². The van der Waals surface area contributed by atoms with Crippen LogP contribution >= 0.6 is 0 Å². The van der Waals surface area contributed by atoms with E-state index in [1.165, 1.54) is 18.4 Å². The molecule has 0 bridgehead atoms. The number of hydrogen-bond donors (Lipinski definition) is 3. The van der Waals surface area contributed by atoms with Gasteiger partial charge in [-0.25, -0.2) is 0 Å². The van der Waals surface area contributed by atoms with E-state index in [9.17, 15) is 14.4 Å². The van der Waals surface area contributed by atoms with Gasteiger partial charge in [0.15, 0.2) is 5.76 Å². The van der Waals surface area contributed by atoms with Crippen LogP contribution < -0.4 is 16.2 Å². The van der Waals surface area contributed by atoms with Gasteiger partial charge in [0, 0.05) is 16.8 Å². The molecule has 0 aliphatic carbocycles. The number of rotatable bonds is 4. The highest BCUT2D eigenvalue weighted by molar-refractivity contribution is 6.03. The maximum Gasteiger partial charge on any atom is 0.291 e. The molecule has 0 spiro atoms. The minimum absolute atomic E-state index is 0.162. The standard InChI is InChI=1S/C20H17N3O4/c1-13-5-2-6-14(11-13)18(24)22-23-19(25)15-7-3-8-16(12-15)21-20(26)17-9-4-10-27-17/h2-12H,1H3,(H,21,26)(H,22,24)(H,23,25). The maximum absolute atomic E-state index is 12.3. The van der Waals surface area contributed by atoms with Crippen molar-refractivity contribution in [2.75, 3.05) is 5.32 Å². The van der Waals surface area contributed by atoms with Crippen LogP contribution in [-0.2, 0) is 0 Å². The molecule has 0 atom stereocenters. The molecule has 3 amide bonds. The van der Waals surface area contributed by atoms with Crippen LogP contribution in [0, 0.1) is 6.92 Å². The Bertz CT molecular complexity index is 980. The second kappa shape index (κ2) is 8.01. The zero-order chi connectivity index (χ0) is 19.2. The Hall–Kier alpha value is -3.87. The number of carbonyl (C=O) groups excluding carboxylic acids is 3. The largest absolute Gasteiger partial charge is 0.459 e. The van der Waals surface area contributed by atoms with E-state index in [-0.39, 0.29) is 11.3 Å². The number of aryl methyl sites for hydroxylation is 1. The maximum atomic E-state index is 12.3. The number of hydrogen-bond acceptors (Lipinski definition) is 4. The van der Waals surface area contributed by atoms with E-state index in [1.807, 2.05) is 13.0 Å². The van der Waals surface area contributed by atoms with Gasteiger partial charge in [0.2, 0.25) is 0 Å². The molecule has 3 N–H and O–H groups in total. The molecule has 7 heteroatoms. The van der Waals surface area contributed by atoms with Crippen molar-refractivity contribution in [2.24, 2.45) is 0 Å². The van der Waals surface area contributed by atoms with Crippen molar-refractivity contribution in [3.05, 3.63) is 89.4 Å². The molecule has 27 heavy (non-hydrogen) atoms. The quantitative estimate of drug-likeness (QED) is 0.621. The first-order chi connectivity index (χ1) is 13.0. The fraction of sp³-hybridized carbons (Fsp3) is 0.0500. The monoisotopic (exact) mass is 363 g/mol. The van der Waals surface area contributed by atoms with Gasteiger partial charge in [-0.05, 0) is 49.4 Å². The second-order valence-corrected chi connectivity index (χ2v) is 5.79. The number of benzene rings is 2. The van der Waals surface area contributed by atoms with E-state index in [1.54, 1.807) is 42.5 Å². The lowest BCUT2D eigenvalue weighted by Gasteiger charge is -2.09. The third-order valence-electron chi connectivity index (χ3n) is 3.70. The smallest absolute Gasteiger partial charge is 0.291 e. The highest BCUT2D eigenvalue weighted by atomic mass is 16.3. The first kappa shape index (κ1) is 17.9. The summed E-state index contributed by atoms with van der Waals surface area (Å²) in [5, 5.41) is 2.64. The summed E-state index contributed by atoms with van der Waals surface area (Å²) in [6.07, 6.45) is 1.40. The van der Waals surface area contributed by atoms with Crippen LogP contribution in [0.2, 0.25) is 0 Å². The van der Waals surface area contributed by atoms with Crippen molar-refractivity contribution >= 4 is 23.4 Å². The summed E-state index contributed by atoms with van der Waals surface area (Å²) in [5.41, 5.74) is 6.80. The van der Waals surface area contributed by atoms with Gasteiger partial charge < -0.3 is 9.73 Å². The minimum Gasteiger partial charge on any atom is -0.459 e. The lowest BCUT2D eigenvalue weighted by Crippen LogP contribution is -2.41. The molecular formula is C20H17N3O4. The van der Waals surface area contributed by atoms with Gasteiger partial charge in [0.25, 0.3) is 17.7 Å². The molecule has 7 nitrogen and oxygen atoms in total. The number of anilines is 1. The average molecular weight is 363 g/mol. The number of amides is 3. The van der Waals surface area contributed by atoms with Crippen LogP contribution in [0.4, 0.5) is 5.69 Å².